The van der Waals surface area contributed by atoms with Gasteiger partial charge in [-0.25, -0.2) is 4.79 Å². The molecule has 2 N–H and O–H groups in total. The van der Waals surface area contributed by atoms with Crippen molar-refractivity contribution in [1.82, 2.24) is 0 Å². The number of benzene rings is 1. The first-order valence-corrected chi connectivity index (χ1v) is 6.15. The molecule has 1 aromatic carbocycles. The van der Waals surface area contributed by atoms with Crippen molar-refractivity contribution in [2.45, 2.75) is 33.2 Å². The molecule has 1 rings (SSSR count). The van der Waals surface area contributed by atoms with Gasteiger partial charge in [0.25, 0.3) is 5.69 Å². The summed E-state index contributed by atoms with van der Waals surface area (Å²) in [4.78, 5) is 21.1. The Kier molecular flexibility index (Phi) is 4.86. The number of nitrogens with one attached hydrogen (secondary N) is 1. The van der Waals surface area contributed by atoms with Crippen LogP contribution in [0.15, 0.2) is 18.2 Å². The quantitative estimate of drug-likeness (QED) is 0.609. The predicted molar refractivity (Wildman–Crippen MR) is 72.6 cm³/mol. The molecule has 0 radical (unpaired) electrons. The Bertz CT molecular complexity index is 486. The fourth-order valence-corrected chi connectivity index (χ4v) is 1.91. The Balaban J connectivity index is 3.08. The molecule has 19 heavy (non-hydrogen) atoms. The summed E-state index contributed by atoms with van der Waals surface area (Å²) in [6.07, 6.45) is 0.886. The molecule has 0 saturated carbocycles. The maximum atomic E-state index is 11.0. The molecule has 0 aliphatic heterocycles. The summed E-state index contributed by atoms with van der Waals surface area (Å²) in [5.41, 5.74) is -0.104. The Morgan fingerprint density at radius 2 is 2.11 bits per heavy atom. The fraction of sp³-hybridized carbons (Fsp3) is 0.462. The van der Waals surface area contributed by atoms with E-state index in [0.717, 1.165) is 6.42 Å². The number of carboxylic acids is 1. The zero-order valence-electron chi connectivity index (χ0n) is 11.2. The first-order chi connectivity index (χ1) is 8.86. The lowest BCUT2D eigenvalue weighted by molar-refractivity contribution is -0.385. The second-order valence-corrected chi connectivity index (χ2v) is 4.70. The molecule has 6 heteroatoms. The van der Waals surface area contributed by atoms with E-state index in [1.54, 1.807) is 0 Å². The third kappa shape index (κ3) is 3.67. The minimum Gasteiger partial charge on any atom is -0.477 e. The van der Waals surface area contributed by atoms with Crippen LogP contribution in [0.3, 0.4) is 0 Å². The standard InChI is InChI=1S/C13H18N2O4/c1-4-11(8(2)3)14-9-5-6-12(15(18)19)10(7-9)13(16)17/h5-8,11,14H,4H2,1-3H3,(H,16,17). The van der Waals surface area contributed by atoms with Crippen molar-refractivity contribution < 1.29 is 14.8 Å². The number of rotatable bonds is 6. The summed E-state index contributed by atoms with van der Waals surface area (Å²) in [6, 6.07) is 4.27. The first kappa shape index (κ1) is 14.9. The van der Waals surface area contributed by atoms with E-state index in [4.69, 9.17) is 5.11 Å². The van der Waals surface area contributed by atoms with Crippen LogP contribution in [0.2, 0.25) is 0 Å². The number of nitro benzene ring substituents is 1. The summed E-state index contributed by atoms with van der Waals surface area (Å²) in [5.74, 6) is -0.915. The van der Waals surface area contributed by atoms with Gasteiger partial charge in [0, 0.05) is 17.8 Å². The second kappa shape index (κ2) is 6.17. The van der Waals surface area contributed by atoms with Gasteiger partial charge in [0.2, 0.25) is 0 Å². The number of aromatic carboxylic acids is 1. The van der Waals surface area contributed by atoms with E-state index >= 15 is 0 Å². The monoisotopic (exact) mass is 266 g/mol. The molecule has 6 nitrogen and oxygen atoms in total. The Hall–Kier alpha value is -2.11. The minimum atomic E-state index is -1.30. The van der Waals surface area contributed by atoms with E-state index in [1.165, 1.54) is 18.2 Å². The third-order valence-electron chi connectivity index (χ3n) is 3.02. The Morgan fingerprint density at radius 3 is 2.53 bits per heavy atom. The number of hydrogen-bond donors (Lipinski definition) is 2. The lowest BCUT2D eigenvalue weighted by atomic mass is 10.0. The molecule has 0 aliphatic carbocycles. The van der Waals surface area contributed by atoms with Crippen molar-refractivity contribution in [3.05, 3.63) is 33.9 Å². The maximum Gasteiger partial charge on any atom is 0.342 e. The van der Waals surface area contributed by atoms with Gasteiger partial charge in [0.05, 0.1) is 4.92 Å². The van der Waals surface area contributed by atoms with E-state index in [0.29, 0.717) is 11.6 Å². The predicted octanol–water partition coefficient (Wildman–Crippen LogP) is 3.14. The third-order valence-corrected chi connectivity index (χ3v) is 3.02. The molecule has 0 aliphatic rings. The van der Waals surface area contributed by atoms with Gasteiger partial charge in [-0.15, -0.1) is 0 Å². The Morgan fingerprint density at radius 1 is 1.47 bits per heavy atom. The van der Waals surface area contributed by atoms with Crippen LogP contribution in [0.4, 0.5) is 11.4 Å². The Labute approximate surface area is 111 Å². The molecular weight excluding hydrogens is 248 g/mol. The molecule has 1 aromatic rings. The average Bonchev–Trinajstić information content (AvgIpc) is 2.34. The van der Waals surface area contributed by atoms with Crippen molar-refractivity contribution >= 4 is 17.3 Å². The SMILES string of the molecule is CCC(Nc1ccc([N+](=O)[O-])c(C(=O)O)c1)C(C)C. The van der Waals surface area contributed by atoms with E-state index in [-0.39, 0.29) is 11.6 Å². The minimum absolute atomic E-state index is 0.197. The summed E-state index contributed by atoms with van der Waals surface area (Å²) >= 11 is 0. The number of carbonyl (C=O) groups is 1. The number of nitrogens with zero attached hydrogens (tertiary/aromatic N) is 1. The molecule has 104 valence electrons. The van der Waals surface area contributed by atoms with Crippen LogP contribution in [0.1, 0.15) is 37.6 Å². The van der Waals surface area contributed by atoms with Gasteiger partial charge in [-0.05, 0) is 24.5 Å². The van der Waals surface area contributed by atoms with E-state index < -0.39 is 16.6 Å². The van der Waals surface area contributed by atoms with Crippen molar-refractivity contribution in [1.29, 1.82) is 0 Å². The highest BCUT2D eigenvalue weighted by Crippen LogP contribution is 2.24. The van der Waals surface area contributed by atoms with Crippen LogP contribution in [0, 0.1) is 16.0 Å². The second-order valence-electron chi connectivity index (χ2n) is 4.70. The van der Waals surface area contributed by atoms with Crippen LogP contribution in [-0.4, -0.2) is 22.0 Å². The molecule has 0 bridgehead atoms. The molecule has 0 heterocycles. The highest BCUT2D eigenvalue weighted by Gasteiger charge is 2.21. The molecule has 0 spiro atoms. The smallest absolute Gasteiger partial charge is 0.342 e. The van der Waals surface area contributed by atoms with Gasteiger partial charge in [-0.2, -0.15) is 0 Å². The number of carboxylic acid groups (broad SMARTS) is 1. The highest BCUT2D eigenvalue weighted by molar-refractivity contribution is 5.93. The summed E-state index contributed by atoms with van der Waals surface area (Å²) in [5, 5.41) is 23.0. The summed E-state index contributed by atoms with van der Waals surface area (Å²) < 4.78 is 0. The molecular formula is C13H18N2O4. The largest absolute Gasteiger partial charge is 0.477 e. The van der Waals surface area contributed by atoms with Crippen LogP contribution >= 0.6 is 0 Å². The summed E-state index contributed by atoms with van der Waals surface area (Å²) in [7, 11) is 0. The van der Waals surface area contributed by atoms with Gasteiger partial charge >= 0.3 is 5.97 Å². The maximum absolute atomic E-state index is 11.0. The van der Waals surface area contributed by atoms with Crippen LogP contribution < -0.4 is 5.32 Å². The normalized spacial score (nSPS) is 12.2. The lowest BCUT2D eigenvalue weighted by Gasteiger charge is -2.22. The van der Waals surface area contributed by atoms with E-state index in [2.05, 4.69) is 19.2 Å². The van der Waals surface area contributed by atoms with E-state index in [9.17, 15) is 14.9 Å². The van der Waals surface area contributed by atoms with Crippen molar-refractivity contribution in [3.8, 4) is 0 Å². The molecule has 1 unspecified atom stereocenters. The number of anilines is 1. The molecule has 0 amide bonds. The van der Waals surface area contributed by atoms with Gasteiger partial charge < -0.3 is 10.4 Å². The lowest BCUT2D eigenvalue weighted by Crippen LogP contribution is -2.24. The van der Waals surface area contributed by atoms with Crippen molar-refractivity contribution in [2.75, 3.05) is 5.32 Å². The van der Waals surface area contributed by atoms with Gasteiger partial charge in [-0.1, -0.05) is 20.8 Å². The zero-order chi connectivity index (χ0) is 14.6. The zero-order valence-corrected chi connectivity index (χ0v) is 11.2. The highest BCUT2D eigenvalue weighted by atomic mass is 16.6. The van der Waals surface area contributed by atoms with Crippen LogP contribution in [0.5, 0.6) is 0 Å². The molecule has 0 saturated heterocycles. The van der Waals surface area contributed by atoms with Crippen molar-refractivity contribution in [2.24, 2.45) is 5.92 Å². The van der Waals surface area contributed by atoms with Crippen molar-refractivity contribution in [3.63, 3.8) is 0 Å². The van der Waals surface area contributed by atoms with Gasteiger partial charge in [0.1, 0.15) is 5.56 Å². The van der Waals surface area contributed by atoms with E-state index in [1.807, 2.05) is 6.92 Å². The molecule has 0 aromatic heterocycles. The fourth-order valence-electron chi connectivity index (χ4n) is 1.91. The number of nitro groups is 1. The van der Waals surface area contributed by atoms with Crippen LogP contribution in [-0.2, 0) is 0 Å². The first-order valence-electron chi connectivity index (χ1n) is 6.15. The van der Waals surface area contributed by atoms with Gasteiger partial charge in [0.15, 0.2) is 0 Å². The molecule has 0 fully saturated rings. The average molecular weight is 266 g/mol. The topological polar surface area (TPSA) is 92.5 Å². The van der Waals surface area contributed by atoms with Crippen LogP contribution in [0.25, 0.3) is 0 Å². The number of hydrogen-bond acceptors (Lipinski definition) is 4. The summed E-state index contributed by atoms with van der Waals surface area (Å²) in [6.45, 7) is 6.15. The molecule has 1 atom stereocenters. The van der Waals surface area contributed by atoms with Gasteiger partial charge in [-0.3, -0.25) is 10.1 Å².